The van der Waals surface area contributed by atoms with Crippen molar-refractivity contribution >= 4 is 29.2 Å². The molecule has 0 bridgehead atoms. The summed E-state index contributed by atoms with van der Waals surface area (Å²) >= 11 is 0. The molecule has 2 amide bonds. The molecule has 7 nitrogen and oxygen atoms in total. The van der Waals surface area contributed by atoms with Gasteiger partial charge in [0.05, 0.1) is 42.7 Å². The molecule has 1 spiro atoms. The molecule has 11 heteroatoms. The highest BCUT2D eigenvalue weighted by Crippen LogP contribution is 2.41. The summed E-state index contributed by atoms with van der Waals surface area (Å²) < 4.78 is 59.2. The largest absolute Gasteiger partial charge is 0.465 e. The molecule has 2 aliphatic heterocycles. The summed E-state index contributed by atoms with van der Waals surface area (Å²) in [5.74, 6) is -0.144. The zero-order valence-corrected chi connectivity index (χ0v) is 21.7. The number of alkyl halides is 3. The maximum absolute atomic E-state index is 15.0. The zero-order chi connectivity index (χ0) is 29.5. The fourth-order valence-corrected chi connectivity index (χ4v) is 5.22. The van der Waals surface area contributed by atoms with Gasteiger partial charge in [0.25, 0.3) is 5.91 Å². The molecule has 0 aliphatic carbocycles. The van der Waals surface area contributed by atoms with Crippen molar-refractivity contribution in [2.45, 2.75) is 18.3 Å². The molecule has 5 rings (SSSR count). The third-order valence-corrected chi connectivity index (χ3v) is 7.34. The maximum atomic E-state index is 15.0. The van der Waals surface area contributed by atoms with E-state index in [2.05, 4.69) is 5.92 Å². The number of hydrogen-bond donors (Lipinski definition) is 0. The Morgan fingerprint density at radius 3 is 2.32 bits per heavy atom. The topological polar surface area (TPSA) is 70.2 Å². The van der Waals surface area contributed by atoms with Gasteiger partial charge in [0.1, 0.15) is 12.4 Å². The van der Waals surface area contributed by atoms with E-state index in [4.69, 9.17) is 11.2 Å². The smallest absolute Gasteiger partial charge is 0.416 e. The molecule has 2 heterocycles. The number of ether oxygens (including phenoxy) is 1. The molecule has 0 unspecified atom stereocenters. The molecule has 3 aromatic carbocycles. The lowest BCUT2D eigenvalue weighted by Crippen LogP contribution is -2.81. The lowest BCUT2D eigenvalue weighted by Gasteiger charge is -2.58. The standard InChI is InChI=1S/C30H23F4N3O4/c1-3-19-10-13-25(23(31)14-19)36-16-26(38)37(15-20-8-11-21(12-9-20)30(32,33)34)29(28(36)40)17-35(18-29)24-7-5-4-6-22(24)27(39)41-2/h1,4-14H,15-18H2,2H3. The first kappa shape index (κ1) is 27.7. The summed E-state index contributed by atoms with van der Waals surface area (Å²) in [6.45, 7) is -0.729. The van der Waals surface area contributed by atoms with Crippen molar-refractivity contribution in [2.75, 3.05) is 36.5 Å². The van der Waals surface area contributed by atoms with Crippen molar-refractivity contribution in [3.05, 3.63) is 94.8 Å². The molecule has 0 N–H and O–H groups in total. The van der Waals surface area contributed by atoms with Gasteiger partial charge in [-0.3, -0.25) is 14.5 Å². The van der Waals surface area contributed by atoms with Crippen LogP contribution in [0.5, 0.6) is 0 Å². The van der Waals surface area contributed by atoms with Crippen molar-refractivity contribution in [3.8, 4) is 12.3 Å². The van der Waals surface area contributed by atoms with Gasteiger partial charge in [-0.25, -0.2) is 9.18 Å². The average Bonchev–Trinajstić information content (AvgIpc) is 2.93. The molecule has 0 saturated carbocycles. The number of carbonyl (C=O) groups is 3. The normalized spacial score (nSPS) is 16.4. The van der Waals surface area contributed by atoms with Gasteiger partial charge in [0.15, 0.2) is 5.54 Å². The number of terminal acetylenes is 1. The van der Waals surface area contributed by atoms with E-state index < -0.39 is 47.4 Å². The fraction of sp³-hybridized carbons (Fsp3) is 0.233. The minimum absolute atomic E-state index is 0.0488. The van der Waals surface area contributed by atoms with Crippen LogP contribution < -0.4 is 9.80 Å². The number of carbonyl (C=O) groups excluding carboxylic acids is 3. The van der Waals surface area contributed by atoms with Crippen molar-refractivity contribution in [1.82, 2.24) is 4.90 Å². The summed E-state index contributed by atoms with van der Waals surface area (Å²) in [7, 11) is 1.24. The first-order valence-electron chi connectivity index (χ1n) is 12.5. The van der Waals surface area contributed by atoms with Crippen LogP contribution >= 0.6 is 0 Å². The van der Waals surface area contributed by atoms with Gasteiger partial charge in [0.2, 0.25) is 5.91 Å². The highest BCUT2D eigenvalue weighted by atomic mass is 19.4. The molecular formula is C30H23F4N3O4. The number of methoxy groups -OCH3 is 1. The van der Waals surface area contributed by atoms with Crippen molar-refractivity contribution < 1.29 is 36.7 Å². The summed E-state index contributed by atoms with van der Waals surface area (Å²) in [6.07, 6.45) is 0.820. The molecule has 0 aromatic heterocycles. The Labute approximate surface area is 232 Å². The maximum Gasteiger partial charge on any atom is 0.416 e. The van der Waals surface area contributed by atoms with Gasteiger partial charge >= 0.3 is 12.1 Å². The zero-order valence-electron chi connectivity index (χ0n) is 21.7. The molecule has 2 aliphatic rings. The Balaban J connectivity index is 1.52. The second kappa shape index (κ2) is 10.3. The quantitative estimate of drug-likeness (QED) is 0.263. The molecule has 2 saturated heterocycles. The van der Waals surface area contributed by atoms with E-state index in [1.54, 1.807) is 29.2 Å². The predicted molar refractivity (Wildman–Crippen MR) is 141 cm³/mol. The van der Waals surface area contributed by atoms with Crippen LogP contribution in [0.4, 0.5) is 28.9 Å². The number of piperazine rings is 1. The Morgan fingerprint density at radius 1 is 1.02 bits per heavy atom. The van der Waals surface area contributed by atoms with Crippen LogP contribution in [0.2, 0.25) is 0 Å². The molecule has 41 heavy (non-hydrogen) atoms. The SMILES string of the molecule is C#Cc1ccc(N2CC(=O)N(Cc3ccc(C(F)(F)F)cc3)C3(CN(c4ccccc4C(=O)OC)C3)C2=O)c(F)c1. The number of nitrogens with zero attached hydrogens (tertiary/aromatic N) is 3. The number of hydrogen-bond acceptors (Lipinski definition) is 5. The summed E-state index contributed by atoms with van der Waals surface area (Å²) in [6, 6.07) is 14.8. The monoisotopic (exact) mass is 565 g/mol. The van der Waals surface area contributed by atoms with Crippen molar-refractivity contribution in [3.63, 3.8) is 0 Å². The molecule has 2 fully saturated rings. The minimum Gasteiger partial charge on any atom is -0.465 e. The molecule has 210 valence electrons. The van der Waals surface area contributed by atoms with E-state index in [9.17, 15) is 27.6 Å². The first-order chi connectivity index (χ1) is 19.5. The number of halogens is 4. The second-order valence-corrected chi connectivity index (χ2v) is 9.77. The van der Waals surface area contributed by atoms with E-state index >= 15 is 4.39 Å². The Hall–Kier alpha value is -4.85. The van der Waals surface area contributed by atoms with Crippen LogP contribution in [-0.4, -0.2) is 55.0 Å². The van der Waals surface area contributed by atoms with Crippen molar-refractivity contribution in [2.24, 2.45) is 0 Å². The molecule has 3 aromatic rings. The number of para-hydroxylation sites is 1. The van der Waals surface area contributed by atoms with Crippen LogP contribution in [-0.2, 0) is 27.0 Å². The molecule has 0 atom stereocenters. The number of anilines is 2. The van der Waals surface area contributed by atoms with Crippen molar-refractivity contribution in [1.29, 1.82) is 0 Å². The van der Waals surface area contributed by atoms with Gasteiger partial charge < -0.3 is 14.5 Å². The Morgan fingerprint density at radius 2 is 1.71 bits per heavy atom. The fourth-order valence-electron chi connectivity index (χ4n) is 5.22. The Bertz CT molecular complexity index is 1570. The van der Waals surface area contributed by atoms with Crippen LogP contribution in [0.25, 0.3) is 0 Å². The van der Waals surface area contributed by atoms with Gasteiger partial charge in [-0.05, 0) is 48.0 Å². The van der Waals surface area contributed by atoms with Gasteiger partial charge in [-0.2, -0.15) is 13.2 Å². The minimum atomic E-state index is -4.53. The van der Waals surface area contributed by atoms with Crippen LogP contribution in [0.15, 0.2) is 66.7 Å². The summed E-state index contributed by atoms with van der Waals surface area (Å²) in [4.78, 5) is 44.1. The summed E-state index contributed by atoms with van der Waals surface area (Å²) in [5, 5.41) is 0. The highest BCUT2D eigenvalue weighted by molar-refractivity contribution is 6.11. The van der Waals surface area contributed by atoms with Crippen LogP contribution in [0.1, 0.15) is 27.0 Å². The molecular weight excluding hydrogens is 542 g/mol. The van der Waals surface area contributed by atoms with E-state index in [1.807, 2.05) is 0 Å². The van der Waals surface area contributed by atoms with Gasteiger partial charge in [-0.15, -0.1) is 6.42 Å². The number of amides is 2. The van der Waals surface area contributed by atoms with Crippen LogP contribution in [0.3, 0.4) is 0 Å². The highest BCUT2D eigenvalue weighted by Gasteiger charge is 2.60. The van der Waals surface area contributed by atoms with E-state index in [1.165, 1.54) is 36.3 Å². The number of rotatable bonds is 5. The van der Waals surface area contributed by atoms with Gasteiger partial charge in [0, 0.05) is 12.1 Å². The third kappa shape index (κ3) is 4.86. The first-order valence-corrected chi connectivity index (χ1v) is 12.5. The second-order valence-electron chi connectivity index (χ2n) is 9.77. The lowest BCUT2D eigenvalue weighted by atomic mass is 9.82. The molecule has 0 radical (unpaired) electrons. The van der Waals surface area contributed by atoms with E-state index in [0.29, 0.717) is 11.3 Å². The third-order valence-electron chi connectivity index (χ3n) is 7.34. The average molecular weight is 566 g/mol. The van der Waals surface area contributed by atoms with Gasteiger partial charge in [-0.1, -0.05) is 30.2 Å². The van der Waals surface area contributed by atoms with E-state index in [0.717, 1.165) is 23.1 Å². The predicted octanol–water partition coefficient (Wildman–Crippen LogP) is 4.25. The van der Waals surface area contributed by atoms with Crippen LogP contribution in [0, 0.1) is 18.2 Å². The Kier molecular flexibility index (Phi) is 6.95. The van der Waals surface area contributed by atoms with E-state index in [-0.39, 0.29) is 36.4 Å². The number of benzene rings is 3. The number of esters is 1. The lowest BCUT2D eigenvalue weighted by molar-refractivity contribution is -0.153. The summed E-state index contributed by atoms with van der Waals surface area (Å²) in [5.41, 5.74) is -1.09.